The lowest BCUT2D eigenvalue weighted by atomic mass is 9.75. The monoisotopic (exact) mass is 327 g/mol. The van der Waals surface area contributed by atoms with Gasteiger partial charge in [0.1, 0.15) is 5.82 Å². The van der Waals surface area contributed by atoms with Crippen LogP contribution < -0.4 is 16.2 Å². The zero-order valence-corrected chi connectivity index (χ0v) is 13.4. The smallest absolute Gasteiger partial charge is 0.239 e. The van der Waals surface area contributed by atoms with E-state index in [2.05, 4.69) is 57.1 Å². The van der Waals surface area contributed by atoms with Crippen molar-refractivity contribution in [3.05, 3.63) is 10.7 Å². The van der Waals surface area contributed by atoms with Gasteiger partial charge in [0.2, 0.25) is 5.95 Å². The maximum Gasteiger partial charge on any atom is 0.239 e. The number of nitrogens with one attached hydrogen (secondary N) is 1. The summed E-state index contributed by atoms with van der Waals surface area (Å²) >= 11 is 3.51. The highest BCUT2D eigenvalue weighted by molar-refractivity contribution is 9.10. The highest BCUT2D eigenvalue weighted by Crippen LogP contribution is 2.38. The summed E-state index contributed by atoms with van der Waals surface area (Å²) in [6.07, 6.45) is 6.65. The van der Waals surface area contributed by atoms with Crippen molar-refractivity contribution in [3.63, 3.8) is 0 Å². The first-order chi connectivity index (χ1) is 8.93. The van der Waals surface area contributed by atoms with Crippen LogP contribution >= 0.6 is 15.9 Å². The van der Waals surface area contributed by atoms with Crippen molar-refractivity contribution in [1.29, 1.82) is 0 Å². The molecule has 106 valence electrons. The lowest BCUT2D eigenvalue weighted by molar-refractivity contribution is 0.222. The quantitative estimate of drug-likeness (QED) is 0.660. The SMILES string of the molecule is CN(c1nc(NN)ncc1Br)C1CCC(C)(C)CC1. The van der Waals surface area contributed by atoms with Gasteiger partial charge in [0, 0.05) is 19.3 Å². The molecule has 1 aromatic rings. The second-order valence-corrected chi connectivity index (χ2v) is 6.87. The molecule has 1 aliphatic carbocycles. The summed E-state index contributed by atoms with van der Waals surface area (Å²) < 4.78 is 0.902. The standard InChI is InChI=1S/C13H22BrN5/c1-13(2)6-4-9(5-7-13)19(3)11-10(14)8-16-12(17-11)18-15/h8-9H,4-7,15H2,1-3H3,(H,16,17,18). The lowest BCUT2D eigenvalue weighted by Gasteiger charge is -2.39. The van der Waals surface area contributed by atoms with Crippen molar-refractivity contribution in [2.24, 2.45) is 11.3 Å². The van der Waals surface area contributed by atoms with E-state index < -0.39 is 0 Å². The predicted molar refractivity (Wildman–Crippen MR) is 82.0 cm³/mol. The summed E-state index contributed by atoms with van der Waals surface area (Å²) in [5.74, 6) is 6.72. The van der Waals surface area contributed by atoms with Crippen LogP contribution in [0.15, 0.2) is 10.7 Å². The first-order valence-electron chi connectivity index (χ1n) is 6.65. The Balaban J connectivity index is 2.13. The average Bonchev–Trinajstić information content (AvgIpc) is 2.38. The van der Waals surface area contributed by atoms with Gasteiger partial charge in [-0.1, -0.05) is 13.8 Å². The molecule has 6 heteroatoms. The minimum Gasteiger partial charge on any atom is -0.356 e. The number of nitrogens with zero attached hydrogens (tertiary/aromatic N) is 3. The molecule has 1 saturated carbocycles. The summed E-state index contributed by atoms with van der Waals surface area (Å²) in [5, 5.41) is 0. The number of nitrogens with two attached hydrogens (primary N) is 1. The van der Waals surface area contributed by atoms with Crippen molar-refractivity contribution in [1.82, 2.24) is 9.97 Å². The number of nitrogen functional groups attached to an aromatic ring is 1. The normalized spacial score (nSPS) is 19.2. The fourth-order valence-corrected chi connectivity index (χ4v) is 3.09. The van der Waals surface area contributed by atoms with Crippen molar-refractivity contribution >= 4 is 27.7 Å². The van der Waals surface area contributed by atoms with E-state index in [1.54, 1.807) is 6.20 Å². The molecule has 5 nitrogen and oxygen atoms in total. The summed E-state index contributed by atoms with van der Waals surface area (Å²) in [4.78, 5) is 10.8. The van der Waals surface area contributed by atoms with Crippen LogP contribution in [0.4, 0.5) is 11.8 Å². The Morgan fingerprint density at radius 1 is 1.42 bits per heavy atom. The van der Waals surface area contributed by atoms with Crippen LogP contribution in [0.1, 0.15) is 39.5 Å². The van der Waals surface area contributed by atoms with Gasteiger partial charge in [-0.25, -0.2) is 10.8 Å². The molecule has 0 aromatic carbocycles. The molecule has 2 rings (SSSR count). The van der Waals surface area contributed by atoms with Crippen LogP contribution in [0.2, 0.25) is 0 Å². The Morgan fingerprint density at radius 3 is 2.63 bits per heavy atom. The van der Waals surface area contributed by atoms with Gasteiger partial charge < -0.3 is 4.90 Å². The summed E-state index contributed by atoms with van der Waals surface area (Å²) in [6.45, 7) is 4.69. The van der Waals surface area contributed by atoms with E-state index in [1.807, 2.05) is 0 Å². The molecule has 19 heavy (non-hydrogen) atoms. The van der Waals surface area contributed by atoms with Crippen LogP contribution in [0, 0.1) is 5.41 Å². The molecule has 0 spiro atoms. The van der Waals surface area contributed by atoms with Gasteiger partial charge in [0.15, 0.2) is 0 Å². The number of hydrogen-bond donors (Lipinski definition) is 2. The Hall–Kier alpha value is -0.880. The van der Waals surface area contributed by atoms with Gasteiger partial charge in [-0.3, -0.25) is 5.43 Å². The van der Waals surface area contributed by atoms with Gasteiger partial charge >= 0.3 is 0 Å². The highest BCUT2D eigenvalue weighted by atomic mass is 79.9. The fraction of sp³-hybridized carbons (Fsp3) is 0.692. The van der Waals surface area contributed by atoms with E-state index in [-0.39, 0.29) is 0 Å². The number of halogens is 1. The third-order valence-electron chi connectivity index (χ3n) is 4.05. The van der Waals surface area contributed by atoms with Crippen LogP contribution in [-0.2, 0) is 0 Å². The molecular formula is C13H22BrN5. The topological polar surface area (TPSA) is 67.1 Å². The Morgan fingerprint density at radius 2 is 2.05 bits per heavy atom. The molecule has 1 heterocycles. The first-order valence-corrected chi connectivity index (χ1v) is 7.44. The second-order valence-electron chi connectivity index (χ2n) is 6.02. The van der Waals surface area contributed by atoms with Gasteiger partial charge in [-0.15, -0.1) is 0 Å². The predicted octanol–water partition coefficient (Wildman–Crippen LogP) is 2.93. The lowest BCUT2D eigenvalue weighted by Crippen LogP contribution is -2.38. The third-order valence-corrected chi connectivity index (χ3v) is 4.60. The van der Waals surface area contributed by atoms with Crippen LogP contribution in [-0.4, -0.2) is 23.1 Å². The van der Waals surface area contributed by atoms with Crippen LogP contribution in [0.5, 0.6) is 0 Å². The molecule has 0 atom stereocenters. The molecule has 1 aromatic heterocycles. The zero-order valence-electron chi connectivity index (χ0n) is 11.8. The molecular weight excluding hydrogens is 306 g/mol. The summed E-state index contributed by atoms with van der Waals surface area (Å²) in [5.41, 5.74) is 2.97. The van der Waals surface area contributed by atoms with Crippen molar-refractivity contribution in [3.8, 4) is 0 Å². The van der Waals surface area contributed by atoms with E-state index in [9.17, 15) is 0 Å². The van der Waals surface area contributed by atoms with E-state index in [1.165, 1.54) is 25.7 Å². The number of hydrazine groups is 1. The van der Waals surface area contributed by atoms with Gasteiger partial charge in [-0.2, -0.15) is 4.98 Å². The number of hydrogen-bond acceptors (Lipinski definition) is 5. The van der Waals surface area contributed by atoms with E-state index in [0.29, 0.717) is 17.4 Å². The largest absolute Gasteiger partial charge is 0.356 e. The number of aromatic nitrogens is 2. The molecule has 0 aliphatic heterocycles. The third kappa shape index (κ3) is 3.36. The molecule has 1 aliphatic rings. The van der Waals surface area contributed by atoms with E-state index in [0.717, 1.165) is 10.3 Å². The van der Waals surface area contributed by atoms with Crippen molar-refractivity contribution in [2.45, 2.75) is 45.6 Å². The number of anilines is 2. The van der Waals surface area contributed by atoms with Crippen LogP contribution in [0.25, 0.3) is 0 Å². The van der Waals surface area contributed by atoms with Crippen molar-refractivity contribution in [2.75, 3.05) is 17.4 Å². The molecule has 0 radical (unpaired) electrons. The Labute approximate surface area is 123 Å². The Kier molecular flexibility index (Phi) is 4.30. The second kappa shape index (κ2) is 5.63. The zero-order chi connectivity index (χ0) is 14.0. The average molecular weight is 328 g/mol. The van der Waals surface area contributed by atoms with Gasteiger partial charge in [0.05, 0.1) is 4.47 Å². The van der Waals surface area contributed by atoms with Gasteiger partial charge in [0.25, 0.3) is 0 Å². The molecule has 0 amide bonds. The highest BCUT2D eigenvalue weighted by Gasteiger charge is 2.30. The first kappa shape index (κ1) is 14.5. The van der Waals surface area contributed by atoms with E-state index >= 15 is 0 Å². The maximum absolute atomic E-state index is 5.37. The molecule has 1 fully saturated rings. The van der Waals surface area contributed by atoms with Crippen molar-refractivity contribution < 1.29 is 0 Å². The van der Waals surface area contributed by atoms with Gasteiger partial charge in [-0.05, 0) is 47.0 Å². The molecule has 0 unspecified atom stereocenters. The maximum atomic E-state index is 5.37. The summed E-state index contributed by atoms with van der Waals surface area (Å²) in [6, 6.07) is 0.532. The number of rotatable bonds is 3. The van der Waals surface area contributed by atoms with Crippen LogP contribution in [0.3, 0.4) is 0 Å². The summed E-state index contributed by atoms with van der Waals surface area (Å²) in [7, 11) is 2.09. The fourth-order valence-electron chi connectivity index (χ4n) is 2.62. The Bertz CT molecular complexity index is 439. The molecule has 0 saturated heterocycles. The molecule has 0 bridgehead atoms. The molecule has 3 N–H and O–H groups in total. The minimum atomic E-state index is 0.446. The minimum absolute atomic E-state index is 0.446. The van der Waals surface area contributed by atoms with E-state index in [4.69, 9.17) is 5.84 Å².